The van der Waals surface area contributed by atoms with E-state index in [1.54, 1.807) is 0 Å². The Morgan fingerprint density at radius 2 is 1.71 bits per heavy atom. The predicted molar refractivity (Wildman–Crippen MR) is 63.8 cm³/mol. The summed E-state index contributed by atoms with van der Waals surface area (Å²) in [6.45, 7) is 9.72. The molecule has 2 heteroatoms. The van der Waals surface area contributed by atoms with E-state index < -0.39 is 0 Å². The van der Waals surface area contributed by atoms with Crippen molar-refractivity contribution in [1.82, 2.24) is 0 Å². The van der Waals surface area contributed by atoms with Crippen molar-refractivity contribution in [2.75, 3.05) is 0 Å². The highest BCUT2D eigenvalue weighted by Gasteiger charge is 2.15. The van der Waals surface area contributed by atoms with Crippen LogP contribution in [-0.2, 0) is 0 Å². The zero-order valence-corrected chi connectivity index (χ0v) is 10.1. The molecule has 0 aliphatic carbocycles. The lowest BCUT2D eigenvalue weighted by molar-refractivity contribution is 0.0999. The van der Waals surface area contributed by atoms with E-state index in [9.17, 15) is 4.79 Å². The van der Waals surface area contributed by atoms with Crippen molar-refractivity contribution < 1.29 is 4.79 Å². The third kappa shape index (κ3) is 2.22. The molecule has 1 aromatic rings. The van der Waals surface area contributed by atoms with Gasteiger partial charge in [0.05, 0.1) is 0 Å². The highest BCUT2D eigenvalue weighted by atomic mass is 31.0. The van der Waals surface area contributed by atoms with Crippen LogP contribution in [0.1, 0.15) is 27.0 Å². The summed E-state index contributed by atoms with van der Waals surface area (Å²) in [4.78, 5) is 11.8. The largest absolute Gasteiger partial charge is 0.293 e. The van der Waals surface area contributed by atoms with Gasteiger partial charge in [-0.3, -0.25) is 4.79 Å². The predicted octanol–water partition coefficient (Wildman–Crippen LogP) is 2.87. The molecular weight excluding hydrogens is 191 g/mol. The Morgan fingerprint density at radius 1 is 1.29 bits per heavy atom. The number of rotatable bonds is 2. The van der Waals surface area contributed by atoms with Gasteiger partial charge in [0.25, 0.3) is 0 Å². The molecule has 0 aliphatic heterocycles. The second-order valence-electron chi connectivity index (χ2n) is 3.74. The number of Topliss-reactive ketones (excluding diaryl/α,β-unsaturated/α-hetero) is 1. The molecule has 0 spiro atoms. The van der Waals surface area contributed by atoms with E-state index in [0.29, 0.717) is 0 Å². The molecule has 1 radical (unpaired) electrons. The van der Waals surface area contributed by atoms with Crippen molar-refractivity contribution in [1.29, 1.82) is 0 Å². The fourth-order valence-electron chi connectivity index (χ4n) is 1.75. The number of carbonyl (C=O) groups is 1. The van der Waals surface area contributed by atoms with Crippen molar-refractivity contribution in [3.05, 3.63) is 41.3 Å². The summed E-state index contributed by atoms with van der Waals surface area (Å²) in [5.74, 6) is 0.102. The molecule has 0 heterocycles. The Balaban J connectivity index is 3.28. The van der Waals surface area contributed by atoms with Crippen LogP contribution in [0.3, 0.4) is 0 Å². The molecule has 1 nitrogen and oxygen atoms in total. The molecule has 0 amide bonds. The summed E-state index contributed by atoms with van der Waals surface area (Å²) in [5, 5.41) is 0. The number of hydrogen-bond acceptors (Lipinski definition) is 1. The van der Waals surface area contributed by atoms with Crippen molar-refractivity contribution in [2.45, 2.75) is 26.4 Å². The van der Waals surface area contributed by atoms with Crippen molar-refractivity contribution >= 4 is 15.0 Å². The maximum absolute atomic E-state index is 11.8. The van der Waals surface area contributed by atoms with Gasteiger partial charge >= 0.3 is 0 Å². The SMILES string of the molecule is [CH2]C(P)C(=O)c1c(C)cc(C)cc1C. The molecule has 0 fully saturated rings. The van der Waals surface area contributed by atoms with Crippen molar-refractivity contribution in [2.24, 2.45) is 0 Å². The Morgan fingerprint density at radius 3 is 2.07 bits per heavy atom. The zero-order valence-electron chi connectivity index (χ0n) is 8.92. The Hall–Kier alpha value is -0.680. The van der Waals surface area contributed by atoms with Gasteiger partial charge in [-0.25, -0.2) is 0 Å². The van der Waals surface area contributed by atoms with E-state index >= 15 is 0 Å². The quantitative estimate of drug-likeness (QED) is 0.538. The summed E-state index contributed by atoms with van der Waals surface area (Å²) >= 11 is 0. The van der Waals surface area contributed by atoms with Gasteiger partial charge in [-0.1, -0.05) is 17.7 Å². The molecule has 0 N–H and O–H groups in total. The first kappa shape index (κ1) is 11.4. The lowest BCUT2D eigenvalue weighted by Gasteiger charge is -2.11. The summed E-state index contributed by atoms with van der Waals surface area (Å²) in [7, 11) is 2.44. The lowest BCUT2D eigenvalue weighted by Crippen LogP contribution is -2.13. The summed E-state index contributed by atoms with van der Waals surface area (Å²) < 4.78 is 0. The molecule has 0 bridgehead atoms. The van der Waals surface area contributed by atoms with Crippen LogP contribution in [0.2, 0.25) is 0 Å². The topological polar surface area (TPSA) is 17.1 Å². The Kier molecular flexibility index (Phi) is 3.44. The van der Waals surface area contributed by atoms with Gasteiger partial charge in [0.15, 0.2) is 5.78 Å². The van der Waals surface area contributed by atoms with Gasteiger partial charge in [0, 0.05) is 11.2 Å². The lowest BCUT2D eigenvalue weighted by atomic mass is 9.95. The average Bonchev–Trinajstić information content (AvgIpc) is 2.01. The third-order valence-electron chi connectivity index (χ3n) is 2.26. The second-order valence-corrected chi connectivity index (χ2v) is 4.55. The first-order valence-corrected chi connectivity index (χ1v) is 5.31. The van der Waals surface area contributed by atoms with Crippen LogP contribution in [0.4, 0.5) is 0 Å². The average molecular weight is 207 g/mol. The first-order valence-electron chi connectivity index (χ1n) is 4.64. The first-order chi connectivity index (χ1) is 6.43. The fraction of sp³-hybridized carbons (Fsp3) is 0.333. The van der Waals surface area contributed by atoms with Crippen LogP contribution in [-0.4, -0.2) is 11.4 Å². The monoisotopic (exact) mass is 207 g/mol. The highest BCUT2D eigenvalue weighted by molar-refractivity contribution is 7.19. The van der Waals surface area contributed by atoms with Crippen LogP contribution in [0, 0.1) is 27.7 Å². The zero-order chi connectivity index (χ0) is 10.9. The van der Waals surface area contributed by atoms with Gasteiger partial charge < -0.3 is 0 Å². The van der Waals surface area contributed by atoms with E-state index in [2.05, 4.69) is 16.2 Å². The number of carbonyl (C=O) groups excluding carboxylic acids is 1. The van der Waals surface area contributed by atoms with Crippen LogP contribution >= 0.6 is 9.24 Å². The smallest absolute Gasteiger partial charge is 0.170 e. The molecule has 0 aromatic heterocycles. The molecule has 0 aliphatic rings. The molecule has 2 unspecified atom stereocenters. The van der Waals surface area contributed by atoms with Gasteiger partial charge in [-0.15, -0.1) is 9.24 Å². The van der Waals surface area contributed by atoms with Gasteiger partial charge in [-0.05, 0) is 38.8 Å². The van der Waals surface area contributed by atoms with Gasteiger partial charge in [0.1, 0.15) is 0 Å². The molecule has 1 rings (SSSR count). The molecule has 0 saturated carbocycles. The highest BCUT2D eigenvalue weighted by Crippen LogP contribution is 2.20. The normalized spacial score (nSPS) is 12.6. The summed E-state index contributed by atoms with van der Waals surface area (Å²) in [6, 6.07) is 4.07. The minimum absolute atomic E-state index is 0.102. The van der Waals surface area contributed by atoms with Crippen LogP contribution < -0.4 is 0 Å². The van der Waals surface area contributed by atoms with Gasteiger partial charge in [-0.2, -0.15) is 0 Å². The standard InChI is InChI=1S/C12H16OP/c1-7-5-8(2)11(9(3)6-7)12(13)10(4)14/h5-6,10H,4,14H2,1-3H3. The summed E-state index contributed by atoms with van der Waals surface area (Å²) in [5.41, 5.74) is 3.86. The van der Waals surface area contributed by atoms with Crippen molar-refractivity contribution in [3.8, 4) is 0 Å². The second kappa shape index (κ2) is 4.23. The van der Waals surface area contributed by atoms with Crippen LogP contribution in [0.15, 0.2) is 12.1 Å². The van der Waals surface area contributed by atoms with E-state index in [1.165, 1.54) is 5.56 Å². The van der Waals surface area contributed by atoms with Crippen LogP contribution in [0.25, 0.3) is 0 Å². The van der Waals surface area contributed by atoms with E-state index in [0.717, 1.165) is 16.7 Å². The third-order valence-corrected chi connectivity index (χ3v) is 2.56. The molecule has 14 heavy (non-hydrogen) atoms. The molecule has 0 saturated heterocycles. The van der Waals surface area contributed by atoms with E-state index in [1.807, 2.05) is 32.9 Å². The number of benzene rings is 1. The van der Waals surface area contributed by atoms with Crippen LogP contribution in [0.5, 0.6) is 0 Å². The Bertz CT molecular complexity index is 344. The molecular formula is C12H16OP. The van der Waals surface area contributed by atoms with Gasteiger partial charge in [0.2, 0.25) is 0 Å². The number of hydrogen-bond donors (Lipinski definition) is 0. The van der Waals surface area contributed by atoms with E-state index in [4.69, 9.17) is 0 Å². The maximum atomic E-state index is 11.8. The minimum Gasteiger partial charge on any atom is -0.293 e. The molecule has 75 valence electrons. The van der Waals surface area contributed by atoms with E-state index in [-0.39, 0.29) is 11.4 Å². The van der Waals surface area contributed by atoms with Crippen molar-refractivity contribution in [3.63, 3.8) is 0 Å². The number of aryl methyl sites for hydroxylation is 3. The molecule has 1 aromatic carbocycles. The number of ketones is 1. The maximum Gasteiger partial charge on any atom is 0.170 e. The minimum atomic E-state index is -0.255. The summed E-state index contributed by atoms with van der Waals surface area (Å²) in [6.07, 6.45) is 0. The Labute approximate surface area is 88.1 Å². The fourth-order valence-corrected chi connectivity index (χ4v) is 1.92. The molecule has 2 atom stereocenters.